The molecule has 1 heterocycles. The third-order valence-corrected chi connectivity index (χ3v) is 4.46. The van der Waals surface area contributed by atoms with Crippen molar-refractivity contribution >= 4 is 17.5 Å². The number of ether oxygens (including phenoxy) is 1. The molecule has 0 bridgehead atoms. The molecular formula is C18H28N4O3. The van der Waals surface area contributed by atoms with Gasteiger partial charge < -0.3 is 20.3 Å². The molecule has 2 rings (SSSR count). The van der Waals surface area contributed by atoms with E-state index in [0.29, 0.717) is 25.4 Å². The summed E-state index contributed by atoms with van der Waals surface area (Å²) in [7, 11) is 3.89. The predicted octanol–water partition coefficient (Wildman–Crippen LogP) is 0.538. The molecule has 1 unspecified atom stereocenters. The molecule has 2 amide bonds. The molecular weight excluding hydrogens is 320 g/mol. The molecule has 1 aliphatic heterocycles. The number of hydrogen-bond acceptors (Lipinski definition) is 5. The Morgan fingerprint density at radius 2 is 2.04 bits per heavy atom. The highest BCUT2D eigenvalue weighted by Crippen LogP contribution is 2.19. The van der Waals surface area contributed by atoms with Crippen LogP contribution in [-0.2, 0) is 9.59 Å². The van der Waals surface area contributed by atoms with Crippen LogP contribution in [0.2, 0.25) is 0 Å². The highest BCUT2D eigenvalue weighted by Gasteiger charge is 2.34. The van der Waals surface area contributed by atoms with E-state index in [1.165, 1.54) is 0 Å². The molecule has 1 aliphatic rings. The zero-order valence-corrected chi connectivity index (χ0v) is 15.4. The van der Waals surface area contributed by atoms with Crippen molar-refractivity contribution in [1.82, 2.24) is 9.80 Å². The molecule has 1 fully saturated rings. The highest BCUT2D eigenvalue weighted by molar-refractivity contribution is 5.83. The molecule has 0 saturated carbocycles. The van der Waals surface area contributed by atoms with Crippen LogP contribution in [0.5, 0.6) is 5.75 Å². The average molecular weight is 348 g/mol. The van der Waals surface area contributed by atoms with Gasteiger partial charge in [0, 0.05) is 51.5 Å². The van der Waals surface area contributed by atoms with Crippen LogP contribution < -0.4 is 15.4 Å². The largest absolute Gasteiger partial charge is 0.484 e. The van der Waals surface area contributed by atoms with Crippen LogP contribution >= 0.6 is 0 Å². The lowest BCUT2D eigenvalue weighted by Gasteiger charge is -2.41. The summed E-state index contributed by atoms with van der Waals surface area (Å²) in [5, 5.41) is 0. The Hall–Kier alpha value is -2.28. The van der Waals surface area contributed by atoms with Gasteiger partial charge in [0.2, 0.25) is 5.91 Å². The van der Waals surface area contributed by atoms with E-state index in [-0.39, 0.29) is 18.6 Å². The molecule has 0 radical (unpaired) electrons. The van der Waals surface area contributed by atoms with E-state index in [4.69, 9.17) is 10.5 Å². The number of carbonyl (C=O) groups is 2. The van der Waals surface area contributed by atoms with E-state index in [9.17, 15) is 9.59 Å². The number of nitrogens with two attached hydrogens (primary N) is 1. The Labute approximate surface area is 149 Å². The quantitative estimate of drug-likeness (QED) is 0.812. The van der Waals surface area contributed by atoms with Gasteiger partial charge in [0.25, 0.3) is 5.91 Å². The molecule has 1 atom stereocenters. The van der Waals surface area contributed by atoms with Gasteiger partial charge in [-0.2, -0.15) is 0 Å². The zero-order valence-electron chi connectivity index (χ0n) is 15.4. The van der Waals surface area contributed by atoms with Gasteiger partial charge in [-0.25, -0.2) is 0 Å². The maximum atomic E-state index is 12.5. The normalized spacial score (nSPS) is 18.3. The Morgan fingerprint density at radius 3 is 2.64 bits per heavy atom. The molecule has 0 aromatic heterocycles. The average Bonchev–Trinajstić information content (AvgIpc) is 2.59. The lowest BCUT2D eigenvalue weighted by Crippen LogP contribution is -2.61. The summed E-state index contributed by atoms with van der Waals surface area (Å²) >= 11 is 0. The van der Waals surface area contributed by atoms with Crippen LogP contribution in [0.15, 0.2) is 24.3 Å². The topological polar surface area (TPSA) is 79.1 Å². The smallest absolute Gasteiger partial charge is 0.260 e. The van der Waals surface area contributed by atoms with Crippen molar-refractivity contribution in [3.8, 4) is 5.75 Å². The minimum atomic E-state index is -0.449. The fraction of sp³-hybridized carbons (Fsp3) is 0.556. The second-order valence-electron chi connectivity index (χ2n) is 6.77. The van der Waals surface area contributed by atoms with Crippen LogP contribution in [0.4, 0.5) is 5.69 Å². The number of benzene rings is 1. The van der Waals surface area contributed by atoms with Crippen molar-refractivity contribution in [2.24, 2.45) is 5.73 Å². The molecule has 2 N–H and O–H groups in total. The van der Waals surface area contributed by atoms with Crippen molar-refractivity contribution in [2.45, 2.75) is 25.9 Å². The van der Waals surface area contributed by atoms with E-state index in [1.54, 1.807) is 4.90 Å². The second-order valence-corrected chi connectivity index (χ2v) is 6.77. The second kappa shape index (κ2) is 8.20. The first-order valence-corrected chi connectivity index (χ1v) is 8.52. The standard InChI is InChI=1S/C18H28N4O3/c1-13(2)22-9-8-21(11-16(22)18(19)24)17(23)12-25-15-7-5-6-14(10-15)20(3)4/h5-7,10,13,16H,8-9,11-12H2,1-4H3,(H2,19,24). The van der Waals surface area contributed by atoms with Crippen molar-refractivity contribution < 1.29 is 14.3 Å². The minimum Gasteiger partial charge on any atom is -0.484 e. The molecule has 7 nitrogen and oxygen atoms in total. The van der Waals surface area contributed by atoms with Gasteiger partial charge >= 0.3 is 0 Å². The predicted molar refractivity (Wildman–Crippen MR) is 97.7 cm³/mol. The van der Waals surface area contributed by atoms with E-state index < -0.39 is 11.9 Å². The molecule has 0 aliphatic carbocycles. The van der Waals surface area contributed by atoms with Crippen molar-refractivity contribution in [3.05, 3.63) is 24.3 Å². The van der Waals surface area contributed by atoms with Crippen LogP contribution in [0.1, 0.15) is 13.8 Å². The number of rotatable bonds is 6. The number of primary amides is 1. The summed E-state index contributed by atoms with van der Waals surface area (Å²) in [5.74, 6) is 0.113. The van der Waals surface area contributed by atoms with Crippen LogP contribution in [0, 0.1) is 0 Å². The monoisotopic (exact) mass is 348 g/mol. The molecule has 1 aromatic rings. The van der Waals surface area contributed by atoms with Gasteiger partial charge in [-0.1, -0.05) is 6.07 Å². The SMILES string of the molecule is CC(C)N1CCN(C(=O)COc2cccc(N(C)C)c2)CC1C(N)=O. The molecule has 138 valence electrons. The number of carbonyl (C=O) groups excluding carboxylic acids is 2. The number of piperazine rings is 1. The first-order chi connectivity index (χ1) is 11.8. The van der Waals surface area contributed by atoms with Crippen LogP contribution in [0.3, 0.4) is 0 Å². The summed E-state index contributed by atoms with van der Waals surface area (Å²) in [6.45, 7) is 5.51. The van der Waals surface area contributed by atoms with E-state index in [2.05, 4.69) is 0 Å². The van der Waals surface area contributed by atoms with Gasteiger partial charge in [0.05, 0.1) is 0 Å². The Morgan fingerprint density at radius 1 is 1.32 bits per heavy atom. The summed E-state index contributed by atoms with van der Waals surface area (Å²) in [6.07, 6.45) is 0. The summed E-state index contributed by atoms with van der Waals surface area (Å²) < 4.78 is 5.63. The van der Waals surface area contributed by atoms with E-state index in [1.807, 2.05) is 62.0 Å². The first kappa shape index (κ1) is 19.1. The van der Waals surface area contributed by atoms with Gasteiger partial charge in [-0.3, -0.25) is 14.5 Å². The number of anilines is 1. The van der Waals surface area contributed by atoms with Crippen LogP contribution in [-0.4, -0.2) is 74.0 Å². The highest BCUT2D eigenvalue weighted by atomic mass is 16.5. The zero-order chi connectivity index (χ0) is 18.6. The summed E-state index contributed by atoms with van der Waals surface area (Å²) in [5.41, 5.74) is 6.52. The molecule has 1 saturated heterocycles. The fourth-order valence-electron chi connectivity index (χ4n) is 2.98. The minimum absolute atomic E-state index is 0.0515. The van der Waals surface area contributed by atoms with Crippen molar-refractivity contribution in [3.63, 3.8) is 0 Å². The lowest BCUT2D eigenvalue weighted by molar-refractivity contribution is -0.139. The maximum absolute atomic E-state index is 12.5. The van der Waals surface area contributed by atoms with E-state index >= 15 is 0 Å². The third kappa shape index (κ3) is 4.85. The molecule has 7 heteroatoms. The Bertz CT molecular complexity index is 618. The van der Waals surface area contributed by atoms with Gasteiger partial charge in [0.1, 0.15) is 11.8 Å². The van der Waals surface area contributed by atoms with E-state index in [0.717, 1.165) is 5.69 Å². The molecule has 0 spiro atoms. The third-order valence-electron chi connectivity index (χ3n) is 4.46. The fourth-order valence-corrected chi connectivity index (χ4v) is 2.98. The lowest BCUT2D eigenvalue weighted by atomic mass is 10.1. The van der Waals surface area contributed by atoms with Crippen LogP contribution in [0.25, 0.3) is 0 Å². The number of hydrogen-bond donors (Lipinski definition) is 1. The summed E-state index contributed by atoms with van der Waals surface area (Å²) in [6, 6.07) is 7.32. The summed E-state index contributed by atoms with van der Waals surface area (Å²) in [4.78, 5) is 29.8. The molecule has 25 heavy (non-hydrogen) atoms. The maximum Gasteiger partial charge on any atom is 0.260 e. The van der Waals surface area contributed by atoms with Gasteiger partial charge in [-0.05, 0) is 26.0 Å². The number of amides is 2. The van der Waals surface area contributed by atoms with Crippen molar-refractivity contribution in [2.75, 3.05) is 45.2 Å². The Kier molecular flexibility index (Phi) is 6.25. The van der Waals surface area contributed by atoms with Crippen molar-refractivity contribution in [1.29, 1.82) is 0 Å². The first-order valence-electron chi connectivity index (χ1n) is 8.52. The van der Waals surface area contributed by atoms with Gasteiger partial charge in [0.15, 0.2) is 6.61 Å². The van der Waals surface area contributed by atoms with Gasteiger partial charge in [-0.15, -0.1) is 0 Å². The number of nitrogens with zero attached hydrogens (tertiary/aromatic N) is 3. The molecule has 1 aromatic carbocycles. The Balaban J connectivity index is 1.95.